The van der Waals surface area contributed by atoms with Crippen LogP contribution < -0.4 is 5.73 Å². The van der Waals surface area contributed by atoms with E-state index in [2.05, 4.69) is 0 Å². The van der Waals surface area contributed by atoms with E-state index < -0.39 is 12.0 Å². The molecule has 0 aliphatic heterocycles. The van der Waals surface area contributed by atoms with E-state index in [1.165, 1.54) is 11.3 Å². The smallest absolute Gasteiger partial charge is 0.320 e. The number of hydrogen-bond acceptors (Lipinski definition) is 3. The minimum atomic E-state index is -0.987. The Morgan fingerprint density at radius 1 is 1.75 bits per heavy atom. The van der Waals surface area contributed by atoms with E-state index in [0.717, 1.165) is 4.88 Å². The monoisotopic (exact) mass is 205 g/mol. The van der Waals surface area contributed by atoms with E-state index in [1.54, 1.807) is 12.1 Å². The maximum absolute atomic E-state index is 10.4. The molecule has 0 saturated heterocycles. The zero-order chi connectivity index (χ0) is 9.14. The van der Waals surface area contributed by atoms with Gasteiger partial charge >= 0.3 is 5.97 Å². The topological polar surface area (TPSA) is 63.3 Å². The van der Waals surface area contributed by atoms with Crippen LogP contribution in [0.5, 0.6) is 0 Å². The molecule has 3 N–H and O–H groups in total. The molecule has 0 aromatic carbocycles. The van der Waals surface area contributed by atoms with Gasteiger partial charge in [-0.3, -0.25) is 4.79 Å². The van der Waals surface area contributed by atoms with Crippen LogP contribution in [0.3, 0.4) is 0 Å². The maximum atomic E-state index is 10.4. The van der Waals surface area contributed by atoms with Crippen LogP contribution in [0.4, 0.5) is 0 Å². The highest BCUT2D eigenvalue weighted by molar-refractivity contribution is 7.16. The lowest BCUT2D eigenvalue weighted by atomic mass is 10.2. The zero-order valence-electron chi connectivity index (χ0n) is 6.16. The molecular weight excluding hydrogens is 198 g/mol. The first kappa shape index (κ1) is 9.51. The second kappa shape index (κ2) is 3.89. The van der Waals surface area contributed by atoms with E-state index in [0.29, 0.717) is 10.8 Å². The molecule has 0 aliphatic rings. The second-order valence-corrected chi connectivity index (χ2v) is 4.15. The van der Waals surface area contributed by atoms with Crippen molar-refractivity contribution in [3.05, 3.63) is 21.3 Å². The summed E-state index contributed by atoms with van der Waals surface area (Å²) in [6, 6.07) is 2.69. The molecule has 66 valence electrons. The van der Waals surface area contributed by atoms with Crippen molar-refractivity contribution in [2.75, 3.05) is 0 Å². The zero-order valence-corrected chi connectivity index (χ0v) is 7.73. The van der Waals surface area contributed by atoms with Crippen molar-refractivity contribution in [2.45, 2.75) is 12.5 Å². The molecule has 1 atom stereocenters. The maximum Gasteiger partial charge on any atom is 0.320 e. The number of aliphatic carboxylic acids is 1. The average molecular weight is 206 g/mol. The van der Waals surface area contributed by atoms with Crippen LogP contribution in [0.2, 0.25) is 4.34 Å². The molecular formula is C7H8ClNO2S. The van der Waals surface area contributed by atoms with Crippen molar-refractivity contribution >= 4 is 28.9 Å². The van der Waals surface area contributed by atoms with Crippen LogP contribution in [-0.4, -0.2) is 17.1 Å². The van der Waals surface area contributed by atoms with Crippen molar-refractivity contribution < 1.29 is 9.90 Å². The van der Waals surface area contributed by atoms with Crippen LogP contribution in [0.15, 0.2) is 12.1 Å². The fraction of sp³-hybridized carbons (Fsp3) is 0.286. The van der Waals surface area contributed by atoms with Crippen LogP contribution in [0, 0.1) is 0 Å². The number of rotatable bonds is 3. The lowest BCUT2D eigenvalue weighted by Gasteiger charge is -2.02. The van der Waals surface area contributed by atoms with Crippen LogP contribution in [0.1, 0.15) is 4.88 Å². The predicted octanol–water partition coefficient (Wildman–Crippen LogP) is 1.36. The molecule has 0 amide bonds. The third kappa shape index (κ3) is 2.48. The van der Waals surface area contributed by atoms with E-state index in [4.69, 9.17) is 22.4 Å². The van der Waals surface area contributed by atoms with Crippen LogP contribution in [0.25, 0.3) is 0 Å². The molecule has 1 heterocycles. The van der Waals surface area contributed by atoms with Gasteiger partial charge in [0, 0.05) is 11.3 Å². The Morgan fingerprint density at radius 2 is 2.42 bits per heavy atom. The summed E-state index contributed by atoms with van der Waals surface area (Å²) in [6.07, 6.45) is 0.340. The first-order valence-electron chi connectivity index (χ1n) is 3.32. The number of hydrogen-bond donors (Lipinski definition) is 2. The van der Waals surface area contributed by atoms with E-state index >= 15 is 0 Å². The summed E-state index contributed by atoms with van der Waals surface area (Å²) in [5.41, 5.74) is 5.32. The largest absolute Gasteiger partial charge is 0.480 e. The fourth-order valence-corrected chi connectivity index (χ4v) is 1.91. The van der Waals surface area contributed by atoms with Gasteiger partial charge in [-0.15, -0.1) is 11.3 Å². The second-order valence-electron chi connectivity index (χ2n) is 2.35. The first-order chi connectivity index (χ1) is 5.59. The molecule has 3 nitrogen and oxygen atoms in total. The number of thiophene rings is 1. The highest BCUT2D eigenvalue weighted by Gasteiger charge is 2.12. The highest BCUT2D eigenvalue weighted by atomic mass is 35.5. The Hall–Kier alpha value is -0.580. The molecule has 12 heavy (non-hydrogen) atoms. The van der Waals surface area contributed by atoms with Gasteiger partial charge in [-0.05, 0) is 12.1 Å². The average Bonchev–Trinajstić information content (AvgIpc) is 2.35. The van der Waals surface area contributed by atoms with Crippen LogP contribution in [-0.2, 0) is 11.2 Å². The Bertz CT molecular complexity index is 287. The number of carbonyl (C=O) groups is 1. The third-order valence-corrected chi connectivity index (χ3v) is 2.62. The Labute approximate surface area is 78.8 Å². The molecule has 1 rings (SSSR count). The third-order valence-electron chi connectivity index (χ3n) is 1.37. The summed E-state index contributed by atoms with van der Waals surface area (Å²) in [6.45, 7) is 0. The number of nitrogens with two attached hydrogens (primary N) is 1. The van der Waals surface area contributed by atoms with E-state index in [9.17, 15) is 4.79 Å². The van der Waals surface area contributed by atoms with Crippen molar-refractivity contribution in [3.8, 4) is 0 Å². The van der Waals surface area contributed by atoms with Gasteiger partial charge in [-0.2, -0.15) is 0 Å². The molecule has 0 radical (unpaired) electrons. The molecule has 0 unspecified atom stereocenters. The molecule has 1 aromatic heterocycles. The molecule has 0 fully saturated rings. The van der Waals surface area contributed by atoms with Crippen LogP contribution >= 0.6 is 22.9 Å². The van der Waals surface area contributed by atoms with Gasteiger partial charge in [0.1, 0.15) is 6.04 Å². The standard InChI is InChI=1S/C7H8ClNO2S/c8-6-2-1-4(12-6)3-5(9)7(10)11/h1-2,5H,3,9H2,(H,10,11)/t5-/m1/s1. The Kier molecular flexibility index (Phi) is 3.08. The normalized spacial score (nSPS) is 12.8. The van der Waals surface area contributed by atoms with E-state index in [1.807, 2.05) is 0 Å². The highest BCUT2D eigenvalue weighted by Crippen LogP contribution is 2.22. The van der Waals surface area contributed by atoms with Gasteiger partial charge in [0.05, 0.1) is 4.34 Å². The summed E-state index contributed by atoms with van der Waals surface area (Å²) < 4.78 is 0.655. The predicted molar refractivity (Wildman–Crippen MR) is 48.6 cm³/mol. The molecule has 1 aromatic rings. The lowest BCUT2D eigenvalue weighted by molar-refractivity contribution is -0.138. The van der Waals surface area contributed by atoms with Gasteiger partial charge in [0.25, 0.3) is 0 Å². The molecule has 0 saturated carbocycles. The van der Waals surface area contributed by atoms with Crippen molar-refractivity contribution in [3.63, 3.8) is 0 Å². The SMILES string of the molecule is N[C@H](Cc1ccc(Cl)s1)C(=O)O. The minimum absolute atomic E-state index is 0.340. The lowest BCUT2D eigenvalue weighted by Crippen LogP contribution is -2.31. The molecule has 0 aliphatic carbocycles. The van der Waals surface area contributed by atoms with Crippen molar-refractivity contribution in [2.24, 2.45) is 5.73 Å². The first-order valence-corrected chi connectivity index (χ1v) is 4.51. The van der Waals surface area contributed by atoms with Gasteiger partial charge in [-0.1, -0.05) is 11.6 Å². The molecule has 0 bridgehead atoms. The Morgan fingerprint density at radius 3 is 2.83 bits per heavy atom. The summed E-state index contributed by atoms with van der Waals surface area (Å²) >= 11 is 7.01. The van der Waals surface area contributed by atoms with Gasteiger partial charge in [0.15, 0.2) is 0 Å². The number of halogens is 1. The van der Waals surface area contributed by atoms with E-state index in [-0.39, 0.29) is 0 Å². The van der Waals surface area contributed by atoms with Gasteiger partial charge < -0.3 is 10.8 Å². The summed E-state index contributed by atoms with van der Waals surface area (Å²) in [4.78, 5) is 11.3. The van der Waals surface area contributed by atoms with Gasteiger partial charge in [0.2, 0.25) is 0 Å². The fourth-order valence-electron chi connectivity index (χ4n) is 0.766. The quantitative estimate of drug-likeness (QED) is 0.783. The number of carboxylic acid groups (broad SMARTS) is 1. The van der Waals surface area contributed by atoms with Gasteiger partial charge in [-0.25, -0.2) is 0 Å². The summed E-state index contributed by atoms with van der Waals surface area (Å²) in [5.74, 6) is -0.987. The molecule has 0 spiro atoms. The molecule has 5 heteroatoms. The van der Waals surface area contributed by atoms with Crippen molar-refractivity contribution in [1.82, 2.24) is 0 Å². The minimum Gasteiger partial charge on any atom is -0.480 e. The Balaban J connectivity index is 2.58. The van der Waals surface area contributed by atoms with Crippen molar-refractivity contribution in [1.29, 1.82) is 0 Å². The summed E-state index contributed by atoms with van der Waals surface area (Å²) in [7, 11) is 0. The summed E-state index contributed by atoms with van der Waals surface area (Å²) in [5, 5.41) is 8.50. The number of carboxylic acids is 1.